The third-order valence-electron chi connectivity index (χ3n) is 6.62. The molecule has 0 aromatic heterocycles. The number of halogens is 1. The zero-order valence-electron chi connectivity index (χ0n) is 20.7. The van der Waals surface area contributed by atoms with Crippen molar-refractivity contribution in [1.82, 2.24) is 14.9 Å². The van der Waals surface area contributed by atoms with Crippen LogP contribution < -0.4 is 14.9 Å². The lowest BCUT2D eigenvalue weighted by Gasteiger charge is -2.25. The van der Waals surface area contributed by atoms with E-state index in [4.69, 9.17) is 4.74 Å². The summed E-state index contributed by atoms with van der Waals surface area (Å²) >= 11 is 0. The Morgan fingerprint density at radius 2 is 1.89 bits per heavy atom. The third kappa shape index (κ3) is 8.63. The van der Waals surface area contributed by atoms with E-state index in [9.17, 15) is 18.0 Å². The molecule has 198 valence electrons. The predicted molar refractivity (Wildman–Crippen MR) is 140 cm³/mol. The molecule has 1 atom stereocenters. The van der Waals surface area contributed by atoms with E-state index >= 15 is 0 Å². The first-order chi connectivity index (χ1) is 16.3. The lowest BCUT2D eigenvalue weighted by Crippen LogP contribution is -2.43. The van der Waals surface area contributed by atoms with Crippen LogP contribution in [0.3, 0.4) is 0 Å². The van der Waals surface area contributed by atoms with Crippen LogP contribution in [0.1, 0.15) is 44.6 Å². The van der Waals surface area contributed by atoms with Crippen LogP contribution >= 0.6 is 12.4 Å². The molecule has 11 heteroatoms. The van der Waals surface area contributed by atoms with Crippen LogP contribution in [-0.4, -0.2) is 76.9 Å². The van der Waals surface area contributed by atoms with Gasteiger partial charge in [0.2, 0.25) is 10.0 Å². The Morgan fingerprint density at radius 1 is 1.20 bits per heavy atom. The SMILES string of the molecule is CCCCS(=O)(=O)NC(Cc1ccc(N2CCN(CCC3CCNCC3)C2=O)cc1)C(=O)OC.Cl. The highest BCUT2D eigenvalue weighted by atomic mass is 35.5. The van der Waals surface area contributed by atoms with Gasteiger partial charge < -0.3 is 15.0 Å². The molecule has 1 aromatic rings. The number of urea groups is 1. The fourth-order valence-electron chi connectivity index (χ4n) is 4.51. The maximum atomic E-state index is 12.9. The van der Waals surface area contributed by atoms with E-state index in [0.29, 0.717) is 18.9 Å². The summed E-state index contributed by atoms with van der Waals surface area (Å²) in [7, 11) is -2.33. The van der Waals surface area contributed by atoms with Crippen LogP contribution in [0.15, 0.2) is 24.3 Å². The number of piperidine rings is 1. The number of anilines is 1. The zero-order chi connectivity index (χ0) is 24.6. The molecule has 2 amide bonds. The Bertz CT molecular complexity index is 922. The predicted octanol–water partition coefficient (Wildman–Crippen LogP) is 2.54. The maximum Gasteiger partial charge on any atom is 0.324 e. The average Bonchev–Trinajstić information content (AvgIpc) is 3.21. The molecule has 2 heterocycles. The van der Waals surface area contributed by atoms with E-state index in [1.807, 2.05) is 36.1 Å². The van der Waals surface area contributed by atoms with Crippen molar-refractivity contribution in [3.63, 3.8) is 0 Å². The van der Waals surface area contributed by atoms with Crippen molar-refractivity contribution in [2.24, 2.45) is 5.92 Å². The topological polar surface area (TPSA) is 108 Å². The van der Waals surface area contributed by atoms with E-state index in [1.165, 1.54) is 20.0 Å². The summed E-state index contributed by atoms with van der Waals surface area (Å²) in [4.78, 5) is 28.8. The second kappa shape index (κ2) is 14.0. The second-order valence-corrected chi connectivity index (χ2v) is 11.0. The summed E-state index contributed by atoms with van der Waals surface area (Å²) in [5, 5.41) is 3.38. The number of methoxy groups -OCH3 is 1. The van der Waals surface area contributed by atoms with E-state index < -0.39 is 22.0 Å². The number of amides is 2. The monoisotopic (exact) mass is 530 g/mol. The molecule has 0 radical (unpaired) electrons. The van der Waals surface area contributed by atoms with Crippen molar-refractivity contribution in [2.75, 3.05) is 50.5 Å². The number of unbranched alkanes of at least 4 members (excludes halogenated alkanes) is 1. The molecule has 0 bridgehead atoms. The highest BCUT2D eigenvalue weighted by Crippen LogP contribution is 2.23. The average molecular weight is 531 g/mol. The van der Waals surface area contributed by atoms with Gasteiger partial charge in [-0.3, -0.25) is 9.69 Å². The van der Waals surface area contributed by atoms with Gasteiger partial charge in [0.05, 0.1) is 12.9 Å². The highest BCUT2D eigenvalue weighted by Gasteiger charge is 2.30. The molecule has 2 fully saturated rings. The molecule has 2 aliphatic rings. The minimum atomic E-state index is -3.58. The lowest BCUT2D eigenvalue weighted by molar-refractivity contribution is -0.142. The van der Waals surface area contributed by atoms with Gasteiger partial charge in [0.15, 0.2) is 0 Å². The number of hydrogen-bond acceptors (Lipinski definition) is 6. The Morgan fingerprint density at radius 3 is 2.51 bits per heavy atom. The molecular formula is C24H39ClN4O5S. The molecule has 2 N–H and O–H groups in total. The van der Waals surface area contributed by atoms with Gasteiger partial charge >= 0.3 is 12.0 Å². The molecule has 1 aromatic carbocycles. The van der Waals surface area contributed by atoms with Crippen molar-refractivity contribution < 1.29 is 22.7 Å². The van der Waals surface area contributed by atoms with Gasteiger partial charge in [0.1, 0.15) is 6.04 Å². The van der Waals surface area contributed by atoms with Crippen molar-refractivity contribution in [3.8, 4) is 0 Å². The van der Waals surface area contributed by atoms with Gasteiger partial charge in [0, 0.05) is 25.3 Å². The number of ether oxygens (including phenoxy) is 1. The van der Waals surface area contributed by atoms with Crippen molar-refractivity contribution in [2.45, 2.75) is 51.5 Å². The number of carbonyl (C=O) groups is 2. The number of sulfonamides is 1. The van der Waals surface area contributed by atoms with Crippen molar-refractivity contribution >= 4 is 40.1 Å². The highest BCUT2D eigenvalue weighted by molar-refractivity contribution is 7.89. The summed E-state index contributed by atoms with van der Waals surface area (Å²) in [6, 6.07) is 6.40. The fraction of sp³-hybridized carbons (Fsp3) is 0.667. The quantitative estimate of drug-likeness (QED) is 0.402. The molecular weight excluding hydrogens is 492 g/mol. The van der Waals surface area contributed by atoms with Crippen LogP contribution in [0.4, 0.5) is 10.5 Å². The first-order valence-corrected chi connectivity index (χ1v) is 13.9. The van der Waals surface area contributed by atoms with E-state index in [2.05, 4.69) is 10.0 Å². The largest absolute Gasteiger partial charge is 0.468 e. The van der Waals surface area contributed by atoms with Crippen LogP contribution in [-0.2, 0) is 26.0 Å². The number of esters is 1. The van der Waals surface area contributed by atoms with Crippen molar-refractivity contribution in [1.29, 1.82) is 0 Å². The van der Waals surface area contributed by atoms with E-state index in [0.717, 1.165) is 50.3 Å². The van der Waals surface area contributed by atoms with Crippen LogP contribution in [0.2, 0.25) is 0 Å². The minimum absolute atomic E-state index is 0. The summed E-state index contributed by atoms with van der Waals surface area (Å²) in [6.45, 7) is 6.19. The van der Waals surface area contributed by atoms with E-state index in [1.54, 1.807) is 4.90 Å². The minimum Gasteiger partial charge on any atom is -0.468 e. The summed E-state index contributed by atoms with van der Waals surface area (Å²) < 4.78 is 31.9. The van der Waals surface area contributed by atoms with Gasteiger partial charge in [-0.05, 0) is 68.8 Å². The molecule has 2 aliphatic heterocycles. The number of hydrogen-bond donors (Lipinski definition) is 2. The number of carbonyl (C=O) groups excluding carboxylic acids is 2. The van der Waals surface area contributed by atoms with Crippen LogP contribution in [0.5, 0.6) is 0 Å². The fourth-order valence-corrected chi connectivity index (χ4v) is 5.91. The molecule has 9 nitrogen and oxygen atoms in total. The van der Waals surface area contributed by atoms with Gasteiger partial charge in [0.25, 0.3) is 0 Å². The van der Waals surface area contributed by atoms with Gasteiger partial charge in [-0.1, -0.05) is 25.5 Å². The summed E-state index contributed by atoms with van der Waals surface area (Å²) in [6.07, 6.45) is 4.84. The Labute approximate surface area is 215 Å². The van der Waals surface area contributed by atoms with Gasteiger partial charge in [-0.25, -0.2) is 17.9 Å². The first kappa shape index (κ1) is 29.4. The Hall–Kier alpha value is -1.88. The smallest absolute Gasteiger partial charge is 0.324 e. The molecule has 35 heavy (non-hydrogen) atoms. The number of nitrogens with one attached hydrogen (secondary N) is 2. The van der Waals surface area contributed by atoms with Gasteiger partial charge in [-0.2, -0.15) is 0 Å². The number of benzene rings is 1. The zero-order valence-corrected chi connectivity index (χ0v) is 22.3. The summed E-state index contributed by atoms with van der Waals surface area (Å²) in [5.41, 5.74) is 1.59. The standard InChI is InChI=1S/C24H38N4O5S.ClH/c1-3-4-17-34(31,32)26-22(23(29)33-2)18-20-5-7-21(8-6-20)28-16-15-27(24(28)30)14-11-19-9-12-25-13-10-19;/h5-8,19,22,25-26H,3-4,9-18H2,1-2H3;1H. The maximum absolute atomic E-state index is 12.9. The Kier molecular flexibility index (Phi) is 11.7. The molecule has 1 unspecified atom stereocenters. The third-order valence-corrected chi connectivity index (χ3v) is 8.09. The number of nitrogens with zero attached hydrogens (tertiary/aromatic N) is 2. The molecule has 0 aliphatic carbocycles. The molecule has 2 saturated heterocycles. The van der Waals surface area contributed by atoms with Crippen molar-refractivity contribution in [3.05, 3.63) is 29.8 Å². The van der Waals surface area contributed by atoms with Crippen LogP contribution in [0, 0.1) is 5.92 Å². The molecule has 0 spiro atoms. The molecule has 0 saturated carbocycles. The second-order valence-electron chi connectivity index (χ2n) is 9.14. The van der Waals surface area contributed by atoms with E-state index in [-0.39, 0.29) is 30.6 Å². The Balaban J connectivity index is 0.00000432. The normalized spacial score (nSPS) is 17.8. The molecule has 3 rings (SSSR count). The van der Waals surface area contributed by atoms with Gasteiger partial charge in [-0.15, -0.1) is 12.4 Å². The summed E-state index contributed by atoms with van der Waals surface area (Å²) in [5.74, 6) is 0.0361. The lowest BCUT2D eigenvalue weighted by atomic mass is 9.94. The van der Waals surface area contributed by atoms with Crippen LogP contribution in [0.25, 0.3) is 0 Å². The first-order valence-electron chi connectivity index (χ1n) is 12.3. The number of rotatable bonds is 12.